The molecule has 0 radical (unpaired) electrons. The van der Waals surface area contributed by atoms with Crippen LogP contribution in [0.2, 0.25) is 0 Å². The Hall–Kier alpha value is -0.880. The number of nitrogens with zero attached hydrogens (tertiary/aromatic N) is 2. The smallest absolute Gasteiger partial charge is 0.0798 e. The highest BCUT2D eigenvalue weighted by molar-refractivity contribution is 7.09. The maximum atomic E-state index is 8.56. The minimum Gasteiger partial charge on any atom is -0.249 e. The molecule has 12 heavy (non-hydrogen) atoms. The number of rotatable bonds is 1. The van der Waals surface area contributed by atoms with Crippen LogP contribution in [0.4, 0.5) is 0 Å². The van der Waals surface area contributed by atoms with Gasteiger partial charge in [-0.3, -0.25) is 0 Å². The number of hydrogen-bond donors (Lipinski definition) is 0. The molecule has 1 aromatic rings. The summed E-state index contributed by atoms with van der Waals surface area (Å²) in [6.07, 6.45) is 0.483. The van der Waals surface area contributed by atoms with E-state index in [9.17, 15) is 0 Å². The van der Waals surface area contributed by atoms with Crippen LogP contribution in [0.3, 0.4) is 0 Å². The van der Waals surface area contributed by atoms with E-state index in [1.165, 1.54) is 0 Å². The Kier molecular flexibility index (Phi) is 2.49. The zero-order valence-electron chi connectivity index (χ0n) is 7.59. The fourth-order valence-electron chi connectivity index (χ4n) is 1.08. The fourth-order valence-corrected chi connectivity index (χ4v) is 1.98. The molecule has 0 aliphatic heterocycles. The fraction of sp³-hybridized carbons (Fsp3) is 0.556. The molecule has 3 heteroatoms. The van der Waals surface area contributed by atoms with Crippen LogP contribution in [-0.4, -0.2) is 4.98 Å². The first-order chi connectivity index (χ1) is 5.55. The maximum Gasteiger partial charge on any atom is 0.0798 e. The third-order valence-electron chi connectivity index (χ3n) is 1.59. The molecule has 64 valence electrons. The topological polar surface area (TPSA) is 36.7 Å². The Bertz CT molecular complexity index is 301. The highest BCUT2D eigenvalue weighted by Crippen LogP contribution is 2.26. The molecular weight excluding hydrogens is 168 g/mol. The van der Waals surface area contributed by atoms with Crippen molar-refractivity contribution in [2.75, 3.05) is 0 Å². The third-order valence-corrected chi connectivity index (χ3v) is 2.42. The highest BCUT2D eigenvalue weighted by Gasteiger charge is 2.20. The molecule has 1 rings (SSSR count). The van der Waals surface area contributed by atoms with Crippen molar-refractivity contribution in [3.63, 3.8) is 0 Å². The molecule has 2 nitrogen and oxygen atoms in total. The minimum absolute atomic E-state index is 0.0617. The van der Waals surface area contributed by atoms with Gasteiger partial charge in [-0.15, -0.1) is 11.3 Å². The molecule has 0 amide bonds. The van der Waals surface area contributed by atoms with Gasteiger partial charge in [0.05, 0.1) is 23.7 Å². The first-order valence-corrected chi connectivity index (χ1v) is 4.73. The van der Waals surface area contributed by atoms with Crippen molar-refractivity contribution < 1.29 is 0 Å². The number of nitriles is 1. The van der Waals surface area contributed by atoms with Gasteiger partial charge in [-0.25, -0.2) is 4.98 Å². The molecule has 0 aromatic carbocycles. The van der Waals surface area contributed by atoms with Gasteiger partial charge in [-0.05, 0) is 0 Å². The maximum absolute atomic E-state index is 8.56. The van der Waals surface area contributed by atoms with E-state index in [1.54, 1.807) is 11.3 Å². The van der Waals surface area contributed by atoms with E-state index < -0.39 is 0 Å². The molecule has 0 unspecified atom stereocenters. The lowest BCUT2D eigenvalue weighted by molar-refractivity contribution is 0.568. The molecule has 0 spiro atoms. The molecule has 1 heterocycles. The summed E-state index contributed by atoms with van der Waals surface area (Å²) in [7, 11) is 0. The Morgan fingerprint density at radius 1 is 1.58 bits per heavy atom. The van der Waals surface area contributed by atoms with Crippen molar-refractivity contribution >= 4 is 11.3 Å². The molecule has 0 saturated carbocycles. The van der Waals surface area contributed by atoms with Crippen LogP contribution in [0.1, 0.15) is 31.3 Å². The predicted molar refractivity (Wildman–Crippen MR) is 50.1 cm³/mol. The van der Waals surface area contributed by atoms with Gasteiger partial charge in [0.2, 0.25) is 0 Å². The summed E-state index contributed by atoms with van der Waals surface area (Å²) in [5, 5.41) is 8.56. The van der Waals surface area contributed by atoms with Crippen LogP contribution >= 0.6 is 11.3 Å². The van der Waals surface area contributed by atoms with Gasteiger partial charge in [0.25, 0.3) is 0 Å². The van der Waals surface area contributed by atoms with E-state index in [0.717, 1.165) is 10.6 Å². The summed E-state index contributed by atoms with van der Waals surface area (Å²) in [5.74, 6) is 0. The van der Waals surface area contributed by atoms with Crippen LogP contribution in [0.25, 0.3) is 0 Å². The highest BCUT2D eigenvalue weighted by atomic mass is 32.1. The van der Waals surface area contributed by atoms with Gasteiger partial charge in [-0.1, -0.05) is 20.8 Å². The molecular formula is C9H12N2S. The van der Waals surface area contributed by atoms with Gasteiger partial charge in [0.15, 0.2) is 0 Å². The summed E-state index contributed by atoms with van der Waals surface area (Å²) >= 11 is 1.57. The Morgan fingerprint density at radius 2 is 2.25 bits per heavy atom. The summed E-state index contributed by atoms with van der Waals surface area (Å²) in [6.45, 7) is 6.34. The average molecular weight is 180 g/mol. The van der Waals surface area contributed by atoms with Crippen LogP contribution in [0.15, 0.2) is 5.51 Å². The molecule has 0 bridgehead atoms. The summed E-state index contributed by atoms with van der Waals surface area (Å²) in [4.78, 5) is 5.38. The third kappa shape index (κ3) is 1.83. The van der Waals surface area contributed by atoms with Crippen molar-refractivity contribution in [3.8, 4) is 6.07 Å². The lowest BCUT2D eigenvalue weighted by Crippen LogP contribution is -2.13. The lowest BCUT2D eigenvalue weighted by atomic mass is 9.91. The summed E-state index contributed by atoms with van der Waals surface area (Å²) in [5.41, 5.74) is 2.94. The van der Waals surface area contributed by atoms with Gasteiger partial charge >= 0.3 is 0 Å². The van der Waals surface area contributed by atoms with Crippen molar-refractivity contribution in [2.24, 2.45) is 0 Å². The molecule has 0 atom stereocenters. The Labute approximate surface area is 76.9 Å². The first-order valence-electron chi connectivity index (χ1n) is 3.85. The van der Waals surface area contributed by atoms with E-state index in [-0.39, 0.29) is 5.41 Å². The SMILES string of the molecule is CC(C)(C)c1ncsc1CC#N. The second kappa shape index (κ2) is 3.24. The number of thiazole rings is 1. The van der Waals surface area contributed by atoms with Crippen molar-refractivity contribution in [2.45, 2.75) is 32.6 Å². The molecule has 0 N–H and O–H groups in total. The van der Waals surface area contributed by atoms with E-state index in [1.807, 2.05) is 5.51 Å². The minimum atomic E-state index is 0.0617. The van der Waals surface area contributed by atoms with Crippen LogP contribution in [0, 0.1) is 11.3 Å². The molecule has 0 aliphatic carbocycles. The molecule has 0 saturated heterocycles. The van der Waals surface area contributed by atoms with Gasteiger partial charge in [0.1, 0.15) is 0 Å². The van der Waals surface area contributed by atoms with Crippen LogP contribution < -0.4 is 0 Å². The second-order valence-electron chi connectivity index (χ2n) is 3.71. The monoisotopic (exact) mass is 180 g/mol. The standard InChI is InChI=1S/C9H12N2S/c1-9(2,3)8-7(4-5-10)12-6-11-8/h6H,4H2,1-3H3. The first kappa shape index (κ1) is 9.21. The second-order valence-corrected chi connectivity index (χ2v) is 4.65. The van der Waals surface area contributed by atoms with E-state index in [2.05, 4.69) is 31.8 Å². The van der Waals surface area contributed by atoms with E-state index in [4.69, 9.17) is 5.26 Å². The van der Waals surface area contributed by atoms with Crippen LogP contribution in [-0.2, 0) is 11.8 Å². The Balaban J connectivity index is 3.01. The zero-order valence-corrected chi connectivity index (χ0v) is 8.40. The molecule has 0 fully saturated rings. The summed E-state index contributed by atoms with van der Waals surface area (Å²) in [6, 6.07) is 2.15. The van der Waals surface area contributed by atoms with Crippen molar-refractivity contribution in [1.82, 2.24) is 4.98 Å². The molecule has 0 aliphatic rings. The van der Waals surface area contributed by atoms with Crippen molar-refractivity contribution in [3.05, 3.63) is 16.1 Å². The normalized spacial score (nSPS) is 11.2. The number of aromatic nitrogens is 1. The van der Waals surface area contributed by atoms with Gasteiger partial charge < -0.3 is 0 Å². The molecule has 1 aromatic heterocycles. The summed E-state index contributed by atoms with van der Waals surface area (Å²) < 4.78 is 0. The quantitative estimate of drug-likeness (QED) is 0.665. The average Bonchev–Trinajstić information content (AvgIpc) is 2.34. The van der Waals surface area contributed by atoms with Gasteiger partial charge in [-0.2, -0.15) is 5.26 Å². The zero-order chi connectivity index (χ0) is 9.19. The van der Waals surface area contributed by atoms with Crippen molar-refractivity contribution in [1.29, 1.82) is 5.26 Å². The van der Waals surface area contributed by atoms with Gasteiger partial charge in [0, 0.05) is 10.3 Å². The Morgan fingerprint density at radius 3 is 2.75 bits per heavy atom. The lowest BCUT2D eigenvalue weighted by Gasteiger charge is -2.16. The van der Waals surface area contributed by atoms with E-state index in [0.29, 0.717) is 6.42 Å². The largest absolute Gasteiger partial charge is 0.249 e. The predicted octanol–water partition coefficient (Wildman–Crippen LogP) is 2.51. The van der Waals surface area contributed by atoms with Crippen LogP contribution in [0.5, 0.6) is 0 Å². The van der Waals surface area contributed by atoms with E-state index >= 15 is 0 Å². The number of hydrogen-bond acceptors (Lipinski definition) is 3.